The Bertz CT molecular complexity index is 406. The summed E-state index contributed by atoms with van der Waals surface area (Å²) in [6, 6.07) is -0.0786. The molecule has 2 amide bonds. The summed E-state index contributed by atoms with van der Waals surface area (Å²) in [5, 5.41) is 5.74. The van der Waals surface area contributed by atoms with E-state index in [-0.39, 0.29) is 23.9 Å². The normalized spacial score (nSPS) is 31.0. The fraction of sp³-hybridized carbons (Fsp3) is 0.867. The van der Waals surface area contributed by atoms with E-state index in [1.807, 2.05) is 0 Å². The van der Waals surface area contributed by atoms with Crippen molar-refractivity contribution in [1.29, 1.82) is 0 Å². The van der Waals surface area contributed by atoms with Gasteiger partial charge in [-0.25, -0.2) is 0 Å². The number of nitrogens with one attached hydrogen (secondary N) is 2. The lowest BCUT2D eigenvalue weighted by atomic mass is 9.96. The summed E-state index contributed by atoms with van der Waals surface area (Å²) in [5.74, 6) is 0.355. The van der Waals surface area contributed by atoms with Crippen molar-refractivity contribution in [3.05, 3.63) is 0 Å². The molecule has 22 heavy (non-hydrogen) atoms. The van der Waals surface area contributed by atoms with E-state index < -0.39 is 0 Å². The summed E-state index contributed by atoms with van der Waals surface area (Å²) in [6.45, 7) is 5.47. The number of morpholine rings is 1. The van der Waals surface area contributed by atoms with Gasteiger partial charge in [0.25, 0.3) is 0 Å². The predicted molar refractivity (Wildman–Crippen MR) is 79.3 cm³/mol. The summed E-state index contributed by atoms with van der Waals surface area (Å²) >= 11 is 0. The Morgan fingerprint density at radius 1 is 1.27 bits per heavy atom. The highest BCUT2D eigenvalue weighted by molar-refractivity contribution is 5.90. The van der Waals surface area contributed by atoms with Gasteiger partial charge in [0.05, 0.1) is 19.8 Å². The lowest BCUT2D eigenvalue weighted by Crippen LogP contribution is -2.54. The largest absolute Gasteiger partial charge is 0.381 e. The second-order valence-corrected chi connectivity index (χ2v) is 6.24. The fourth-order valence-corrected chi connectivity index (χ4v) is 3.50. The molecule has 0 saturated carbocycles. The van der Waals surface area contributed by atoms with Crippen LogP contribution in [-0.4, -0.2) is 74.9 Å². The van der Waals surface area contributed by atoms with Crippen LogP contribution in [0.3, 0.4) is 0 Å². The molecule has 3 saturated heterocycles. The Morgan fingerprint density at radius 3 is 2.73 bits per heavy atom. The Labute approximate surface area is 130 Å². The molecule has 0 aliphatic carbocycles. The van der Waals surface area contributed by atoms with Gasteiger partial charge >= 0.3 is 0 Å². The van der Waals surface area contributed by atoms with Crippen LogP contribution in [0.2, 0.25) is 0 Å². The fourth-order valence-electron chi connectivity index (χ4n) is 3.50. The summed E-state index contributed by atoms with van der Waals surface area (Å²) in [4.78, 5) is 25.8. The van der Waals surface area contributed by atoms with Crippen molar-refractivity contribution in [1.82, 2.24) is 15.5 Å². The van der Waals surface area contributed by atoms with E-state index in [1.165, 1.54) is 0 Å². The molecule has 0 aromatic heterocycles. The Balaban J connectivity index is 1.54. The maximum absolute atomic E-state index is 12.2. The minimum absolute atomic E-state index is 0.0333. The van der Waals surface area contributed by atoms with E-state index in [1.54, 1.807) is 0 Å². The molecular formula is C15H25N3O4. The molecule has 0 spiro atoms. The number of hydrogen-bond acceptors (Lipinski definition) is 5. The molecule has 3 heterocycles. The molecule has 3 atom stereocenters. The van der Waals surface area contributed by atoms with Crippen LogP contribution in [0.5, 0.6) is 0 Å². The topological polar surface area (TPSA) is 79.9 Å². The van der Waals surface area contributed by atoms with Crippen LogP contribution in [0.1, 0.15) is 19.3 Å². The summed E-state index contributed by atoms with van der Waals surface area (Å²) in [5.41, 5.74) is 0. The standard InChI is InChI=1S/C15H25N3O4/c19-14-2-1-12(17-14)15(20)16-9-13(11-3-6-22-10-11)18-4-7-21-8-5-18/h11-13H,1-10H2,(H,16,20)(H,17,19)/t11-,12-,13-/m1/s1. The van der Waals surface area contributed by atoms with E-state index in [9.17, 15) is 9.59 Å². The second kappa shape index (κ2) is 7.39. The smallest absolute Gasteiger partial charge is 0.242 e. The van der Waals surface area contributed by atoms with Gasteiger partial charge in [0.1, 0.15) is 6.04 Å². The first-order valence-corrected chi connectivity index (χ1v) is 8.20. The van der Waals surface area contributed by atoms with Gasteiger partial charge < -0.3 is 20.1 Å². The zero-order valence-corrected chi connectivity index (χ0v) is 12.9. The molecule has 0 aromatic carbocycles. The molecule has 0 radical (unpaired) electrons. The van der Waals surface area contributed by atoms with Gasteiger partial charge in [0.2, 0.25) is 11.8 Å². The minimum atomic E-state index is -0.363. The first-order valence-electron chi connectivity index (χ1n) is 8.20. The van der Waals surface area contributed by atoms with E-state index in [0.29, 0.717) is 25.3 Å². The number of hydrogen-bond donors (Lipinski definition) is 2. The van der Waals surface area contributed by atoms with Crippen LogP contribution in [0.15, 0.2) is 0 Å². The van der Waals surface area contributed by atoms with E-state index in [2.05, 4.69) is 15.5 Å². The van der Waals surface area contributed by atoms with Gasteiger partial charge in [-0.2, -0.15) is 0 Å². The van der Waals surface area contributed by atoms with Crippen molar-refractivity contribution in [2.24, 2.45) is 5.92 Å². The molecule has 7 nitrogen and oxygen atoms in total. The molecule has 0 aromatic rings. The first-order chi connectivity index (χ1) is 10.7. The van der Waals surface area contributed by atoms with Gasteiger partial charge in [-0.1, -0.05) is 0 Å². The third-order valence-corrected chi connectivity index (χ3v) is 4.82. The average Bonchev–Trinajstić information content (AvgIpc) is 3.20. The summed E-state index contributed by atoms with van der Waals surface area (Å²) < 4.78 is 10.9. The number of carbonyl (C=O) groups is 2. The van der Waals surface area contributed by atoms with Crippen LogP contribution >= 0.6 is 0 Å². The van der Waals surface area contributed by atoms with Gasteiger partial charge in [0.15, 0.2) is 0 Å². The molecule has 124 valence electrons. The van der Waals surface area contributed by atoms with E-state index in [4.69, 9.17) is 9.47 Å². The number of ether oxygens (including phenoxy) is 2. The van der Waals surface area contributed by atoms with Gasteiger partial charge in [-0.05, 0) is 12.8 Å². The highest BCUT2D eigenvalue weighted by Gasteiger charge is 2.33. The number of rotatable bonds is 5. The summed E-state index contributed by atoms with van der Waals surface area (Å²) in [6.07, 6.45) is 2.08. The maximum Gasteiger partial charge on any atom is 0.242 e. The highest BCUT2D eigenvalue weighted by Crippen LogP contribution is 2.22. The van der Waals surface area contributed by atoms with Crippen molar-refractivity contribution in [3.8, 4) is 0 Å². The van der Waals surface area contributed by atoms with Gasteiger partial charge in [-0.3, -0.25) is 14.5 Å². The molecule has 3 fully saturated rings. The quantitative estimate of drug-likeness (QED) is 0.689. The third kappa shape index (κ3) is 3.77. The summed E-state index contributed by atoms with van der Waals surface area (Å²) in [7, 11) is 0. The highest BCUT2D eigenvalue weighted by atomic mass is 16.5. The zero-order chi connectivity index (χ0) is 15.4. The van der Waals surface area contributed by atoms with Crippen molar-refractivity contribution in [3.63, 3.8) is 0 Å². The zero-order valence-electron chi connectivity index (χ0n) is 12.9. The van der Waals surface area contributed by atoms with Crippen molar-refractivity contribution >= 4 is 11.8 Å². The van der Waals surface area contributed by atoms with Crippen LogP contribution in [-0.2, 0) is 19.1 Å². The molecule has 7 heteroatoms. The number of amides is 2. The lowest BCUT2D eigenvalue weighted by Gasteiger charge is -2.37. The third-order valence-electron chi connectivity index (χ3n) is 4.82. The number of nitrogens with zero attached hydrogens (tertiary/aromatic N) is 1. The van der Waals surface area contributed by atoms with Crippen LogP contribution < -0.4 is 10.6 Å². The predicted octanol–water partition coefficient (Wildman–Crippen LogP) is -0.881. The first kappa shape index (κ1) is 15.7. The maximum atomic E-state index is 12.2. The van der Waals surface area contributed by atoms with Crippen LogP contribution in [0.4, 0.5) is 0 Å². The SMILES string of the molecule is O=C1CC[C@H](C(=O)NC[C@H]([C@@H]2CCOC2)N2CCOCC2)N1. The molecule has 3 aliphatic rings. The second-order valence-electron chi connectivity index (χ2n) is 6.24. The molecule has 0 unspecified atom stereocenters. The Morgan fingerprint density at radius 2 is 2.09 bits per heavy atom. The van der Waals surface area contributed by atoms with Gasteiger partial charge in [-0.15, -0.1) is 0 Å². The molecule has 3 aliphatic heterocycles. The molecule has 0 bridgehead atoms. The monoisotopic (exact) mass is 311 g/mol. The van der Waals surface area contributed by atoms with Crippen molar-refractivity contribution in [2.45, 2.75) is 31.3 Å². The molecular weight excluding hydrogens is 286 g/mol. The van der Waals surface area contributed by atoms with Crippen LogP contribution in [0, 0.1) is 5.92 Å². The molecule has 2 N–H and O–H groups in total. The Kier molecular flexibility index (Phi) is 5.28. The molecule has 3 rings (SSSR count). The van der Waals surface area contributed by atoms with Crippen molar-refractivity contribution < 1.29 is 19.1 Å². The minimum Gasteiger partial charge on any atom is -0.381 e. The van der Waals surface area contributed by atoms with E-state index >= 15 is 0 Å². The Hall–Kier alpha value is -1.18. The average molecular weight is 311 g/mol. The van der Waals surface area contributed by atoms with E-state index in [0.717, 1.165) is 45.9 Å². The van der Waals surface area contributed by atoms with Gasteiger partial charge in [0, 0.05) is 44.6 Å². The van der Waals surface area contributed by atoms with Crippen molar-refractivity contribution in [2.75, 3.05) is 46.1 Å². The number of carbonyl (C=O) groups excluding carboxylic acids is 2. The lowest BCUT2D eigenvalue weighted by molar-refractivity contribution is -0.126. The van der Waals surface area contributed by atoms with Crippen LogP contribution in [0.25, 0.3) is 0 Å².